The van der Waals surface area contributed by atoms with E-state index >= 15 is 0 Å². The van der Waals surface area contributed by atoms with Gasteiger partial charge in [0.1, 0.15) is 29.5 Å². The van der Waals surface area contributed by atoms with Crippen LogP contribution in [0.25, 0.3) is 0 Å². The molecule has 0 unspecified atom stereocenters. The van der Waals surface area contributed by atoms with Crippen molar-refractivity contribution in [2.75, 3.05) is 44.1 Å². The van der Waals surface area contributed by atoms with Gasteiger partial charge in [0.25, 0.3) is 0 Å². The maximum atomic E-state index is 12.9. The van der Waals surface area contributed by atoms with Gasteiger partial charge in [-0.1, -0.05) is 18.2 Å². The molecule has 8 nitrogen and oxygen atoms in total. The highest BCUT2D eigenvalue weighted by Gasteiger charge is 2.32. The largest absolute Gasteiger partial charge is 0.497 e. The number of methoxy groups -OCH3 is 2. The van der Waals surface area contributed by atoms with Gasteiger partial charge in [0.2, 0.25) is 5.91 Å². The molecule has 1 N–H and O–H groups in total. The van der Waals surface area contributed by atoms with Crippen molar-refractivity contribution in [2.24, 2.45) is 0 Å². The van der Waals surface area contributed by atoms with Crippen molar-refractivity contribution in [1.29, 1.82) is 0 Å². The first kappa shape index (κ1) is 22.0. The van der Waals surface area contributed by atoms with Gasteiger partial charge >= 0.3 is 6.03 Å². The molecule has 8 heteroatoms. The Morgan fingerprint density at radius 3 is 2.27 bits per heavy atom. The van der Waals surface area contributed by atoms with Crippen LogP contribution in [0.1, 0.15) is 0 Å². The van der Waals surface area contributed by atoms with E-state index in [1.807, 2.05) is 30.3 Å². The van der Waals surface area contributed by atoms with E-state index in [-0.39, 0.29) is 18.5 Å². The van der Waals surface area contributed by atoms with Crippen molar-refractivity contribution in [3.05, 3.63) is 72.8 Å². The molecule has 170 valence electrons. The van der Waals surface area contributed by atoms with Gasteiger partial charge in [-0.25, -0.2) is 4.79 Å². The van der Waals surface area contributed by atoms with Gasteiger partial charge in [-0.15, -0.1) is 0 Å². The molecule has 1 heterocycles. The van der Waals surface area contributed by atoms with Gasteiger partial charge in [0, 0.05) is 24.8 Å². The molecule has 0 aromatic heterocycles. The molecule has 0 atom stereocenters. The average molecular weight is 447 g/mol. The molecule has 1 fully saturated rings. The SMILES string of the molecule is COc1ccc(OC)c(N2CCN(CC(=O)Nc3ccc(Oc4ccccc4)cc3)C2=O)c1. The monoisotopic (exact) mass is 447 g/mol. The summed E-state index contributed by atoms with van der Waals surface area (Å²) in [5, 5.41) is 2.82. The Bertz CT molecular complexity index is 1120. The predicted octanol–water partition coefficient (Wildman–Crippen LogP) is 4.38. The zero-order chi connectivity index (χ0) is 23.2. The molecule has 1 saturated heterocycles. The number of para-hydroxylation sites is 1. The third kappa shape index (κ3) is 5.17. The molecular formula is C25H25N3O5. The van der Waals surface area contributed by atoms with Crippen LogP contribution < -0.4 is 24.4 Å². The fraction of sp³-hybridized carbons (Fsp3) is 0.200. The van der Waals surface area contributed by atoms with E-state index in [1.54, 1.807) is 61.6 Å². The fourth-order valence-electron chi connectivity index (χ4n) is 3.57. The highest BCUT2D eigenvalue weighted by molar-refractivity contribution is 6.00. The van der Waals surface area contributed by atoms with Gasteiger partial charge < -0.3 is 24.4 Å². The Hall–Kier alpha value is -4.20. The smallest absolute Gasteiger partial charge is 0.325 e. The number of rotatable bonds is 8. The lowest BCUT2D eigenvalue weighted by Gasteiger charge is -2.21. The number of hydrogen-bond donors (Lipinski definition) is 1. The topological polar surface area (TPSA) is 80.3 Å². The van der Waals surface area contributed by atoms with E-state index in [4.69, 9.17) is 14.2 Å². The molecule has 3 aromatic rings. The minimum Gasteiger partial charge on any atom is -0.497 e. The molecule has 0 bridgehead atoms. The highest BCUT2D eigenvalue weighted by Crippen LogP contribution is 2.34. The third-order valence-corrected chi connectivity index (χ3v) is 5.22. The molecule has 0 spiro atoms. The zero-order valence-electron chi connectivity index (χ0n) is 18.5. The van der Waals surface area contributed by atoms with E-state index in [0.717, 1.165) is 5.75 Å². The van der Waals surface area contributed by atoms with E-state index in [1.165, 1.54) is 4.90 Å². The number of ether oxygens (including phenoxy) is 3. The van der Waals surface area contributed by atoms with E-state index < -0.39 is 0 Å². The number of amides is 3. The van der Waals surface area contributed by atoms with Gasteiger partial charge in [0.05, 0.1) is 19.9 Å². The van der Waals surface area contributed by atoms with Crippen molar-refractivity contribution in [2.45, 2.75) is 0 Å². The van der Waals surface area contributed by atoms with Crippen molar-refractivity contribution < 1.29 is 23.8 Å². The summed E-state index contributed by atoms with van der Waals surface area (Å²) >= 11 is 0. The van der Waals surface area contributed by atoms with E-state index in [9.17, 15) is 9.59 Å². The Kier molecular flexibility index (Phi) is 6.64. The Morgan fingerprint density at radius 2 is 1.58 bits per heavy atom. The number of carbonyl (C=O) groups excluding carboxylic acids is 2. The van der Waals surface area contributed by atoms with Crippen molar-refractivity contribution in [1.82, 2.24) is 4.90 Å². The molecule has 1 aliphatic rings. The predicted molar refractivity (Wildman–Crippen MR) is 125 cm³/mol. The second-order valence-corrected chi connectivity index (χ2v) is 7.38. The summed E-state index contributed by atoms with van der Waals surface area (Å²) in [6, 6.07) is 21.5. The van der Waals surface area contributed by atoms with E-state index in [0.29, 0.717) is 41.7 Å². The molecule has 1 aliphatic heterocycles. The van der Waals surface area contributed by atoms with Crippen LogP contribution in [0, 0.1) is 0 Å². The van der Waals surface area contributed by atoms with Crippen LogP contribution in [0.3, 0.4) is 0 Å². The molecular weight excluding hydrogens is 422 g/mol. The number of nitrogens with zero attached hydrogens (tertiary/aromatic N) is 2. The zero-order valence-corrected chi connectivity index (χ0v) is 18.5. The quantitative estimate of drug-likeness (QED) is 0.554. The molecule has 0 radical (unpaired) electrons. The summed E-state index contributed by atoms with van der Waals surface area (Å²) in [5.74, 6) is 2.30. The minimum atomic E-state index is -0.278. The normalized spacial score (nSPS) is 13.1. The lowest BCUT2D eigenvalue weighted by molar-refractivity contribution is -0.116. The van der Waals surface area contributed by atoms with Crippen LogP contribution in [0.2, 0.25) is 0 Å². The second-order valence-electron chi connectivity index (χ2n) is 7.38. The summed E-state index contributed by atoms with van der Waals surface area (Å²) < 4.78 is 16.4. The molecule has 33 heavy (non-hydrogen) atoms. The maximum absolute atomic E-state index is 12.9. The Morgan fingerprint density at radius 1 is 0.879 bits per heavy atom. The lowest BCUT2D eigenvalue weighted by atomic mass is 10.2. The van der Waals surface area contributed by atoms with Crippen LogP contribution in [0.4, 0.5) is 16.2 Å². The maximum Gasteiger partial charge on any atom is 0.325 e. The van der Waals surface area contributed by atoms with Crippen LogP contribution in [-0.4, -0.2) is 50.7 Å². The van der Waals surface area contributed by atoms with Crippen molar-refractivity contribution >= 4 is 23.3 Å². The Labute approximate surface area is 192 Å². The summed E-state index contributed by atoms with van der Waals surface area (Å²) in [5.41, 5.74) is 1.23. The molecule has 4 rings (SSSR count). The van der Waals surface area contributed by atoms with Crippen LogP contribution in [-0.2, 0) is 4.79 Å². The summed E-state index contributed by atoms with van der Waals surface area (Å²) in [6.07, 6.45) is 0. The lowest BCUT2D eigenvalue weighted by Crippen LogP contribution is -2.37. The third-order valence-electron chi connectivity index (χ3n) is 5.22. The Balaban J connectivity index is 1.35. The number of anilines is 2. The van der Waals surface area contributed by atoms with Crippen LogP contribution >= 0.6 is 0 Å². The number of urea groups is 1. The molecule has 0 saturated carbocycles. The van der Waals surface area contributed by atoms with Gasteiger partial charge in [0.15, 0.2) is 0 Å². The van der Waals surface area contributed by atoms with Gasteiger partial charge in [-0.3, -0.25) is 9.69 Å². The van der Waals surface area contributed by atoms with Crippen molar-refractivity contribution in [3.8, 4) is 23.0 Å². The van der Waals surface area contributed by atoms with Crippen molar-refractivity contribution in [3.63, 3.8) is 0 Å². The molecule has 3 aromatic carbocycles. The van der Waals surface area contributed by atoms with Crippen LogP contribution in [0.15, 0.2) is 72.8 Å². The fourth-order valence-corrected chi connectivity index (χ4v) is 3.57. The van der Waals surface area contributed by atoms with E-state index in [2.05, 4.69) is 5.32 Å². The molecule has 0 aliphatic carbocycles. The summed E-state index contributed by atoms with van der Waals surface area (Å²) in [7, 11) is 3.11. The standard InChI is InChI=1S/C25H25N3O5/c1-31-21-12-13-23(32-2)22(16-21)28-15-14-27(25(28)30)17-24(29)26-18-8-10-20(11-9-18)33-19-6-4-3-5-7-19/h3-13,16H,14-15,17H2,1-2H3,(H,26,29). The first-order valence-corrected chi connectivity index (χ1v) is 10.5. The minimum absolute atomic E-state index is 0.0517. The number of benzene rings is 3. The number of hydrogen-bond acceptors (Lipinski definition) is 5. The number of nitrogens with one attached hydrogen (secondary N) is 1. The van der Waals surface area contributed by atoms with Gasteiger partial charge in [-0.2, -0.15) is 0 Å². The second kappa shape index (κ2) is 9.95. The highest BCUT2D eigenvalue weighted by atomic mass is 16.5. The van der Waals surface area contributed by atoms with Crippen LogP contribution in [0.5, 0.6) is 23.0 Å². The van der Waals surface area contributed by atoms with Gasteiger partial charge in [-0.05, 0) is 48.5 Å². The first-order chi connectivity index (χ1) is 16.1. The average Bonchev–Trinajstić information content (AvgIpc) is 3.20. The number of carbonyl (C=O) groups is 2. The first-order valence-electron chi connectivity index (χ1n) is 10.5. The summed E-state index contributed by atoms with van der Waals surface area (Å²) in [6.45, 7) is 0.821. The molecule has 3 amide bonds. The summed E-state index contributed by atoms with van der Waals surface area (Å²) in [4.78, 5) is 28.6.